The summed E-state index contributed by atoms with van der Waals surface area (Å²) in [4.78, 5) is 22.6. The Balaban J connectivity index is 1.54. The van der Waals surface area contributed by atoms with Crippen LogP contribution in [0.5, 0.6) is 17.2 Å². The topological polar surface area (TPSA) is 101 Å². The molecule has 0 unspecified atom stereocenters. The maximum absolute atomic E-state index is 11.8. The van der Waals surface area contributed by atoms with Crippen molar-refractivity contribution in [3.05, 3.63) is 69.1 Å². The fraction of sp³-hybridized carbons (Fsp3) is 0.250. The summed E-state index contributed by atoms with van der Waals surface area (Å²) in [5.74, 6) is 1.57. The van der Waals surface area contributed by atoms with Gasteiger partial charge in [-0.25, -0.2) is 0 Å². The van der Waals surface area contributed by atoms with E-state index >= 15 is 0 Å². The summed E-state index contributed by atoms with van der Waals surface area (Å²) < 4.78 is 21.4. The first kappa shape index (κ1) is 19.2. The minimum Gasteiger partial charge on any atom is -0.497 e. The van der Waals surface area contributed by atoms with E-state index in [0.29, 0.717) is 19.4 Å². The van der Waals surface area contributed by atoms with Crippen LogP contribution in [0.3, 0.4) is 0 Å². The zero-order chi connectivity index (χ0) is 19.9. The van der Waals surface area contributed by atoms with Crippen LogP contribution in [0.2, 0.25) is 0 Å². The number of nitrogens with zero attached hydrogens (tertiary/aromatic N) is 1. The number of methoxy groups -OCH3 is 1. The Morgan fingerprint density at radius 2 is 1.64 bits per heavy atom. The molecule has 2 aromatic carbocycles. The van der Waals surface area contributed by atoms with Gasteiger partial charge < -0.3 is 18.6 Å². The fourth-order valence-electron chi connectivity index (χ4n) is 2.66. The first-order valence-corrected chi connectivity index (χ1v) is 8.68. The lowest BCUT2D eigenvalue weighted by atomic mass is 10.2. The SMILES string of the molecule is COc1ccc(OCCCCOc2ccc3c(=O)ccoc3c2[N+](=O)[O-])cc1. The Morgan fingerprint density at radius 1 is 0.964 bits per heavy atom. The molecule has 0 saturated carbocycles. The van der Waals surface area contributed by atoms with E-state index < -0.39 is 4.92 Å². The molecular formula is C20H19NO7. The highest BCUT2D eigenvalue weighted by Crippen LogP contribution is 2.34. The number of unbranched alkanes of at least 4 members (excludes halogenated alkanes) is 1. The molecule has 0 aliphatic carbocycles. The summed E-state index contributed by atoms with van der Waals surface area (Å²) in [6.07, 6.45) is 2.49. The Bertz CT molecular complexity index is 1010. The van der Waals surface area contributed by atoms with Gasteiger partial charge in [0.15, 0.2) is 5.43 Å². The Labute approximate surface area is 160 Å². The van der Waals surface area contributed by atoms with Gasteiger partial charge in [-0.1, -0.05) is 0 Å². The van der Waals surface area contributed by atoms with Crippen LogP contribution < -0.4 is 19.6 Å². The van der Waals surface area contributed by atoms with Crippen molar-refractivity contribution in [3.8, 4) is 17.2 Å². The summed E-state index contributed by atoms with van der Waals surface area (Å²) in [7, 11) is 1.60. The highest BCUT2D eigenvalue weighted by molar-refractivity contribution is 5.88. The average molecular weight is 385 g/mol. The standard InChI is InChI=1S/C20H19NO7/c1-25-14-4-6-15(7-5-14)26-11-2-3-12-27-18-9-8-16-17(22)10-13-28-20(16)19(18)21(23)24/h4-10,13H,2-3,11-12H2,1H3. The molecule has 8 nitrogen and oxygen atoms in total. The van der Waals surface area contributed by atoms with Crippen LogP contribution in [0.1, 0.15) is 12.8 Å². The molecule has 0 aliphatic heterocycles. The van der Waals surface area contributed by atoms with E-state index in [2.05, 4.69) is 0 Å². The lowest BCUT2D eigenvalue weighted by Crippen LogP contribution is -2.05. The van der Waals surface area contributed by atoms with Crippen LogP contribution in [0.4, 0.5) is 5.69 Å². The quantitative estimate of drug-likeness (QED) is 0.312. The Hall–Kier alpha value is -3.55. The number of benzene rings is 2. The lowest BCUT2D eigenvalue weighted by molar-refractivity contribution is -0.384. The number of ether oxygens (including phenoxy) is 3. The predicted octanol–water partition coefficient (Wildman–Crippen LogP) is 3.95. The second-order valence-corrected chi connectivity index (χ2v) is 5.91. The molecule has 0 N–H and O–H groups in total. The number of nitro groups is 1. The number of fused-ring (bicyclic) bond motifs is 1. The van der Waals surface area contributed by atoms with Crippen LogP contribution in [0.25, 0.3) is 11.0 Å². The van der Waals surface area contributed by atoms with Crippen molar-refractivity contribution in [2.45, 2.75) is 12.8 Å². The van der Waals surface area contributed by atoms with Crippen LogP contribution in [-0.2, 0) is 0 Å². The van der Waals surface area contributed by atoms with Crippen molar-refractivity contribution in [3.63, 3.8) is 0 Å². The van der Waals surface area contributed by atoms with E-state index in [-0.39, 0.29) is 34.4 Å². The molecule has 1 aromatic heterocycles. The summed E-state index contributed by atoms with van der Waals surface area (Å²) in [5.41, 5.74) is -0.769. The molecule has 0 bridgehead atoms. The minimum absolute atomic E-state index is 0.0722. The van der Waals surface area contributed by atoms with Crippen LogP contribution in [0.15, 0.2) is 57.9 Å². The lowest BCUT2D eigenvalue weighted by Gasteiger charge is -2.09. The van der Waals surface area contributed by atoms with Gasteiger partial charge in [-0.2, -0.15) is 0 Å². The van der Waals surface area contributed by atoms with Crippen molar-refractivity contribution in [2.75, 3.05) is 20.3 Å². The van der Waals surface area contributed by atoms with E-state index in [4.69, 9.17) is 18.6 Å². The summed E-state index contributed by atoms with van der Waals surface area (Å²) in [6.45, 7) is 0.764. The zero-order valence-electron chi connectivity index (χ0n) is 15.3. The van der Waals surface area contributed by atoms with Gasteiger partial charge >= 0.3 is 5.69 Å². The Kier molecular flexibility index (Phi) is 6.11. The second kappa shape index (κ2) is 8.90. The third kappa shape index (κ3) is 4.40. The number of hydrogen-bond donors (Lipinski definition) is 0. The van der Waals surface area contributed by atoms with Gasteiger partial charge in [0.1, 0.15) is 11.5 Å². The van der Waals surface area contributed by atoms with Gasteiger partial charge in [-0.05, 0) is 49.2 Å². The average Bonchev–Trinajstić information content (AvgIpc) is 2.70. The van der Waals surface area contributed by atoms with Crippen molar-refractivity contribution >= 4 is 16.7 Å². The van der Waals surface area contributed by atoms with Crippen LogP contribution >= 0.6 is 0 Å². The Morgan fingerprint density at radius 3 is 2.32 bits per heavy atom. The van der Waals surface area contributed by atoms with Gasteiger partial charge in [-0.15, -0.1) is 0 Å². The summed E-state index contributed by atoms with van der Waals surface area (Å²) in [6, 6.07) is 11.4. The molecule has 1 heterocycles. The smallest absolute Gasteiger partial charge is 0.353 e. The minimum atomic E-state index is -0.604. The van der Waals surface area contributed by atoms with E-state index in [9.17, 15) is 14.9 Å². The highest BCUT2D eigenvalue weighted by Gasteiger charge is 2.23. The third-order valence-electron chi connectivity index (χ3n) is 4.07. The molecule has 28 heavy (non-hydrogen) atoms. The number of hydrogen-bond acceptors (Lipinski definition) is 7. The molecule has 8 heteroatoms. The molecule has 3 aromatic rings. The maximum Gasteiger partial charge on any atom is 0.353 e. The molecule has 0 aliphatic rings. The second-order valence-electron chi connectivity index (χ2n) is 5.91. The summed E-state index contributed by atoms with van der Waals surface area (Å²) >= 11 is 0. The largest absolute Gasteiger partial charge is 0.497 e. The molecule has 0 spiro atoms. The maximum atomic E-state index is 11.8. The van der Waals surface area contributed by atoms with Gasteiger partial charge in [0, 0.05) is 6.07 Å². The van der Waals surface area contributed by atoms with E-state index in [1.54, 1.807) is 7.11 Å². The summed E-state index contributed by atoms with van der Waals surface area (Å²) in [5, 5.41) is 11.6. The van der Waals surface area contributed by atoms with E-state index in [0.717, 1.165) is 17.8 Å². The van der Waals surface area contributed by atoms with Crippen LogP contribution in [0, 0.1) is 10.1 Å². The number of nitro benzene ring substituents is 1. The molecule has 3 rings (SSSR count). The fourth-order valence-corrected chi connectivity index (χ4v) is 2.66. The monoisotopic (exact) mass is 385 g/mol. The van der Waals surface area contributed by atoms with Gasteiger partial charge in [0.2, 0.25) is 11.3 Å². The third-order valence-corrected chi connectivity index (χ3v) is 4.07. The van der Waals surface area contributed by atoms with Crippen molar-refractivity contribution in [2.24, 2.45) is 0 Å². The molecule has 146 valence electrons. The predicted molar refractivity (Wildman–Crippen MR) is 102 cm³/mol. The van der Waals surface area contributed by atoms with E-state index in [1.807, 2.05) is 24.3 Å². The highest BCUT2D eigenvalue weighted by atomic mass is 16.6. The molecule has 0 radical (unpaired) electrons. The van der Waals surface area contributed by atoms with E-state index in [1.165, 1.54) is 18.2 Å². The normalized spacial score (nSPS) is 10.6. The first-order valence-electron chi connectivity index (χ1n) is 8.68. The molecule has 0 amide bonds. The van der Waals surface area contributed by atoms with Gasteiger partial charge in [0.25, 0.3) is 0 Å². The van der Waals surface area contributed by atoms with Gasteiger partial charge in [-0.3, -0.25) is 14.9 Å². The zero-order valence-corrected chi connectivity index (χ0v) is 15.3. The first-order chi connectivity index (χ1) is 13.6. The molecular weight excluding hydrogens is 366 g/mol. The molecule has 0 saturated heterocycles. The number of rotatable bonds is 9. The van der Waals surface area contributed by atoms with Crippen molar-refractivity contribution in [1.29, 1.82) is 0 Å². The van der Waals surface area contributed by atoms with Crippen molar-refractivity contribution < 1.29 is 23.6 Å². The molecule has 0 atom stereocenters. The van der Waals surface area contributed by atoms with Crippen LogP contribution in [-0.4, -0.2) is 25.2 Å². The van der Waals surface area contributed by atoms with Gasteiger partial charge in [0.05, 0.1) is 36.9 Å². The molecule has 0 fully saturated rings. The van der Waals surface area contributed by atoms with Crippen molar-refractivity contribution in [1.82, 2.24) is 0 Å².